The van der Waals surface area contributed by atoms with E-state index < -0.39 is 0 Å². The normalized spacial score (nSPS) is 18.1. The fraction of sp³-hybridized carbons (Fsp3) is 0.574. The maximum atomic E-state index is 12.5. The van der Waals surface area contributed by atoms with Gasteiger partial charge in [0.15, 0.2) is 0 Å². The zero-order valence-electron chi connectivity index (χ0n) is 32.5. The molecule has 6 nitrogen and oxygen atoms in total. The van der Waals surface area contributed by atoms with Gasteiger partial charge >= 0.3 is 11.9 Å². The molecule has 6 heteroatoms. The summed E-state index contributed by atoms with van der Waals surface area (Å²) in [6.45, 7) is 5.50. The predicted molar refractivity (Wildman–Crippen MR) is 214 cm³/mol. The van der Waals surface area contributed by atoms with Gasteiger partial charge in [0.1, 0.15) is 17.2 Å². The Bertz CT molecular complexity index is 1480. The van der Waals surface area contributed by atoms with Gasteiger partial charge in [-0.25, -0.2) is 4.79 Å². The largest absolute Gasteiger partial charge is 0.494 e. The van der Waals surface area contributed by atoms with Gasteiger partial charge in [-0.3, -0.25) is 4.79 Å². The van der Waals surface area contributed by atoms with E-state index in [0.29, 0.717) is 30.3 Å². The van der Waals surface area contributed by atoms with Crippen LogP contribution in [0.5, 0.6) is 17.2 Å². The van der Waals surface area contributed by atoms with Crippen LogP contribution in [0.15, 0.2) is 72.8 Å². The summed E-state index contributed by atoms with van der Waals surface area (Å²) in [5, 5.41) is 0. The van der Waals surface area contributed by atoms with Crippen molar-refractivity contribution in [2.24, 2.45) is 17.8 Å². The van der Waals surface area contributed by atoms with E-state index in [-0.39, 0.29) is 18.0 Å². The Morgan fingerprint density at radius 3 is 1.79 bits per heavy atom. The number of ether oxygens (including phenoxy) is 4. The minimum Gasteiger partial charge on any atom is -0.494 e. The molecule has 0 aromatic heterocycles. The average molecular weight is 725 g/mol. The maximum Gasteiger partial charge on any atom is 0.338 e. The zero-order valence-corrected chi connectivity index (χ0v) is 32.5. The minimum absolute atomic E-state index is 0.0388. The van der Waals surface area contributed by atoms with Crippen LogP contribution in [0.1, 0.15) is 146 Å². The van der Waals surface area contributed by atoms with Gasteiger partial charge in [-0.15, -0.1) is 0 Å². The third kappa shape index (κ3) is 14.2. The number of hydrogen-bond donors (Lipinski definition) is 0. The number of fused-ring (bicyclic) bond motifs is 2. The molecule has 4 atom stereocenters. The number of carbonyl (C=O) groups excluding carboxylic acids is 2. The van der Waals surface area contributed by atoms with Crippen LogP contribution in [0.3, 0.4) is 0 Å². The molecule has 0 heterocycles. The molecule has 2 saturated carbocycles. The summed E-state index contributed by atoms with van der Waals surface area (Å²) >= 11 is 0. The van der Waals surface area contributed by atoms with E-state index in [4.69, 9.17) is 18.9 Å². The Hall–Kier alpha value is -3.80. The van der Waals surface area contributed by atoms with E-state index in [0.717, 1.165) is 73.2 Å². The fourth-order valence-corrected chi connectivity index (χ4v) is 8.14. The van der Waals surface area contributed by atoms with Crippen LogP contribution in [-0.4, -0.2) is 31.3 Å². The number of rotatable bonds is 25. The van der Waals surface area contributed by atoms with E-state index in [1.165, 1.54) is 83.5 Å². The Kier molecular flexibility index (Phi) is 17.1. The van der Waals surface area contributed by atoms with Crippen molar-refractivity contribution in [2.45, 2.75) is 142 Å². The molecule has 2 aliphatic carbocycles. The second kappa shape index (κ2) is 22.4. The molecule has 0 N–H and O–H groups in total. The molecule has 2 fully saturated rings. The van der Waals surface area contributed by atoms with Crippen LogP contribution in [0, 0.1) is 17.8 Å². The number of unbranched alkanes of at least 4 members (excludes halogenated alkanes) is 11. The zero-order chi connectivity index (χ0) is 37.1. The van der Waals surface area contributed by atoms with Crippen molar-refractivity contribution in [2.75, 3.05) is 13.2 Å². The molecule has 0 amide bonds. The quantitative estimate of drug-likeness (QED) is 0.0640. The highest BCUT2D eigenvalue weighted by molar-refractivity contribution is 5.89. The fourth-order valence-electron chi connectivity index (χ4n) is 8.14. The van der Waals surface area contributed by atoms with Crippen LogP contribution >= 0.6 is 0 Å². The Morgan fingerprint density at radius 2 is 1.21 bits per heavy atom. The van der Waals surface area contributed by atoms with Crippen molar-refractivity contribution in [1.29, 1.82) is 0 Å². The average Bonchev–Trinajstić information content (AvgIpc) is 3.80. The summed E-state index contributed by atoms with van der Waals surface area (Å²) < 4.78 is 23.2. The van der Waals surface area contributed by atoms with Gasteiger partial charge in [0.2, 0.25) is 0 Å². The van der Waals surface area contributed by atoms with Crippen LogP contribution in [0.25, 0.3) is 11.1 Å². The van der Waals surface area contributed by atoms with Gasteiger partial charge in [0.05, 0.1) is 24.9 Å². The summed E-state index contributed by atoms with van der Waals surface area (Å²) in [6.07, 6.45) is 22.2. The number of benzene rings is 3. The molecule has 2 aliphatic rings. The van der Waals surface area contributed by atoms with Gasteiger partial charge in [-0.05, 0) is 129 Å². The van der Waals surface area contributed by atoms with Gasteiger partial charge < -0.3 is 18.9 Å². The first-order valence-electron chi connectivity index (χ1n) is 20.9. The Morgan fingerprint density at radius 1 is 0.642 bits per heavy atom. The molecule has 3 unspecified atom stereocenters. The lowest BCUT2D eigenvalue weighted by Crippen LogP contribution is -2.17. The first-order chi connectivity index (χ1) is 26.0. The second-order valence-corrected chi connectivity index (χ2v) is 15.6. The molecular formula is C47H64O6. The Balaban J connectivity index is 0.868. The molecule has 5 rings (SSSR count). The highest BCUT2D eigenvalue weighted by Gasteiger charge is 2.40. The topological polar surface area (TPSA) is 71.1 Å². The van der Waals surface area contributed by atoms with Gasteiger partial charge in [0.25, 0.3) is 0 Å². The number of carbonyl (C=O) groups is 2. The molecule has 2 bridgehead atoms. The molecule has 0 spiro atoms. The molecule has 3 aromatic rings. The first-order valence-corrected chi connectivity index (χ1v) is 20.9. The SMILES string of the molecule is CCCCCC[C@H](C)OC(=O)c1ccc(Oc2ccc(-c3ccc(OCCCCCCCCCCCOC(=O)CC4CC5CCC4C5)cc3)cc2)cc1. The van der Waals surface area contributed by atoms with Gasteiger partial charge in [-0.1, -0.05) is 102 Å². The van der Waals surface area contributed by atoms with E-state index in [9.17, 15) is 9.59 Å². The highest BCUT2D eigenvalue weighted by atomic mass is 16.5. The van der Waals surface area contributed by atoms with Crippen LogP contribution < -0.4 is 9.47 Å². The summed E-state index contributed by atoms with van der Waals surface area (Å²) in [7, 11) is 0. The van der Waals surface area contributed by atoms with Gasteiger partial charge in [-0.2, -0.15) is 0 Å². The van der Waals surface area contributed by atoms with Crippen molar-refractivity contribution in [3.8, 4) is 28.4 Å². The number of esters is 2. The van der Waals surface area contributed by atoms with Crippen LogP contribution in [-0.2, 0) is 14.3 Å². The maximum absolute atomic E-state index is 12.5. The molecule has 53 heavy (non-hydrogen) atoms. The number of hydrogen-bond acceptors (Lipinski definition) is 6. The summed E-state index contributed by atoms with van der Waals surface area (Å²) in [6, 6.07) is 23.4. The van der Waals surface area contributed by atoms with E-state index in [1.807, 2.05) is 31.2 Å². The van der Waals surface area contributed by atoms with Crippen molar-refractivity contribution >= 4 is 11.9 Å². The lowest BCUT2D eigenvalue weighted by molar-refractivity contribution is -0.145. The van der Waals surface area contributed by atoms with Gasteiger partial charge in [0, 0.05) is 6.42 Å². The van der Waals surface area contributed by atoms with Crippen molar-refractivity contribution in [3.05, 3.63) is 78.4 Å². The monoisotopic (exact) mass is 724 g/mol. The second-order valence-electron chi connectivity index (χ2n) is 15.6. The molecule has 0 aliphatic heterocycles. The standard InChI is InChI=1S/C47H64O6/c1-3-4-5-13-16-36(2)52-47(49)40-23-29-45(30-24-40)53-44-27-21-39(22-28-44)38-19-25-43(26-20-38)50-31-14-11-9-7-6-8-10-12-15-32-51-46(48)35-42-34-37-17-18-41(42)33-37/h19-30,36-37,41-42H,3-18,31-35H2,1-2H3/t36-,37?,41?,42?/m0/s1. The molecule has 3 aromatic carbocycles. The lowest BCUT2D eigenvalue weighted by atomic mass is 9.86. The molecule has 0 radical (unpaired) electrons. The van der Waals surface area contributed by atoms with Crippen molar-refractivity contribution in [3.63, 3.8) is 0 Å². The lowest BCUT2D eigenvalue weighted by Gasteiger charge is -2.20. The van der Waals surface area contributed by atoms with Crippen LogP contribution in [0.2, 0.25) is 0 Å². The van der Waals surface area contributed by atoms with Crippen molar-refractivity contribution in [1.82, 2.24) is 0 Å². The van der Waals surface area contributed by atoms with E-state index >= 15 is 0 Å². The van der Waals surface area contributed by atoms with Crippen LogP contribution in [0.4, 0.5) is 0 Å². The summed E-state index contributed by atoms with van der Waals surface area (Å²) in [4.78, 5) is 24.7. The highest BCUT2D eigenvalue weighted by Crippen LogP contribution is 2.49. The summed E-state index contributed by atoms with van der Waals surface area (Å²) in [5.74, 6) is 4.36. The predicted octanol–water partition coefficient (Wildman–Crippen LogP) is 12.9. The Labute approximate surface area is 319 Å². The molecule has 288 valence electrons. The third-order valence-electron chi connectivity index (χ3n) is 11.3. The molecular weight excluding hydrogens is 661 g/mol. The molecule has 0 saturated heterocycles. The minimum atomic E-state index is -0.290. The van der Waals surface area contributed by atoms with E-state index in [2.05, 4.69) is 31.2 Å². The smallest absolute Gasteiger partial charge is 0.338 e. The third-order valence-corrected chi connectivity index (χ3v) is 11.3. The van der Waals surface area contributed by atoms with E-state index in [1.54, 1.807) is 24.3 Å². The van der Waals surface area contributed by atoms with Crippen molar-refractivity contribution < 1.29 is 28.5 Å². The summed E-state index contributed by atoms with van der Waals surface area (Å²) in [5.41, 5.74) is 2.76. The first kappa shape index (κ1) is 40.4.